The number of piperazine rings is 1. The van der Waals surface area contributed by atoms with Crippen LogP contribution in [0.3, 0.4) is 0 Å². The van der Waals surface area contributed by atoms with Crippen molar-refractivity contribution in [1.29, 1.82) is 0 Å². The van der Waals surface area contributed by atoms with Crippen molar-refractivity contribution in [3.8, 4) is 0 Å². The van der Waals surface area contributed by atoms with Crippen LogP contribution in [-0.2, 0) is 16.0 Å². The maximum atomic E-state index is 13.9. The lowest BCUT2D eigenvalue weighted by molar-refractivity contribution is -0.148. The SMILES string of the molecule is CCCN1[C@H]2CC[C@@H]1[C@](Cc1ccccc1)(C(=O)N1CCN(C(C)=O)CC1)C2. The Morgan fingerprint density at radius 3 is 2.36 bits per heavy atom. The van der Waals surface area contributed by atoms with Crippen LogP contribution in [0.1, 0.15) is 45.1 Å². The first-order valence-electron chi connectivity index (χ1n) is 10.9. The van der Waals surface area contributed by atoms with E-state index in [2.05, 4.69) is 36.1 Å². The Kier molecular flexibility index (Phi) is 5.46. The van der Waals surface area contributed by atoms with Crippen molar-refractivity contribution < 1.29 is 9.59 Å². The van der Waals surface area contributed by atoms with E-state index in [4.69, 9.17) is 0 Å². The number of nitrogens with zero attached hydrogens (tertiary/aromatic N) is 3. The van der Waals surface area contributed by atoms with Gasteiger partial charge >= 0.3 is 0 Å². The number of fused-ring (bicyclic) bond motifs is 2. The Bertz CT molecular complexity index is 714. The topological polar surface area (TPSA) is 43.9 Å². The van der Waals surface area contributed by atoms with E-state index in [1.165, 1.54) is 12.0 Å². The third-order valence-electron chi connectivity index (χ3n) is 7.16. The summed E-state index contributed by atoms with van der Waals surface area (Å²) in [5, 5.41) is 0. The van der Waals surface area contributed by atoms with Gasteiger partial charge in [0.05, 0.1) is 5.41 Å². The Morgan fingerprint density at radius 2 is 1.71 bits per heavy atom. The molecule has 3 fully saturated rings. The predicted octanol–water partition coefficient (Wildman–Crippen LogP) is 2.55. The van der Waals surface area contributed by atoms with Gasteiger partial charge in [-0.05, 0) is 44.2 Å². The van der Waals surface area contributed by atoms with E-state index in [0.717, 1.165) is 32.2 Å². The van der Waals surface area contributed by atoms with E-state index in [0.29, 0.717) is 44.2 Å². The molecular weight excluding hydrogens is 350 g/mol. The number of amides is 2. The number of hydrogen-bond donors (Lipinski definition) is 0. The highest BCUT2D eigenvalue weighted by atomic mass is 16.2. The molecule has 0 N–H and O–H groups in total. The average molecular weight is 384 g/mol. The van der Waals surface area contributed by atoms with Crippen LogP contribution in [0, 0.1) is 5.41 Å². The Morgan fingerprint density at radius 1 is 1.04 bits per heavy atom. The van der Waals surface area contributed by atoms with Crippen molar-refractivity contribution in [3.05, 3.63) is 35.9 Å². The van der Waals surface area contributed by atoms with Crippen LogP contribution in [-0.4, -0.2) is 71.3 Å². The van der Waals surface area contributed by atoms with Gasteiger partial charge in [0.1, 0.15) is 0 Å². The van der Waals surface area contributed by atoms with Crippen LogP contribution in [0.15, 0.2) is 30.3 Å². The van der Waals surface area contributed by atoms with Crippen LogP contribution in [0.25, 0.3) is 0 Å². The fourth-order valence-electron chi connectivity index (χ4n) is 5.90. The summed E-state index contributed by atoms with van der Waals surface area (Å²) in [7, 11) is 0. The molecule has 1 aromatic carbocycles. The highest BCUT2D eigenvalue weighted by Crippen LogP contribution is 2.52. The van der Waals surface area contributed by atoms with Crippen LogP contribution in [0.5, 0.6) is 0 Å². The minimum absolute atomic E-state index is 0.111. The van der Waals surface area contributed by atoms with Gasteiger partial charge in [-0.15, -0.1) is 0 Å². The first kappa shape index (κ1) is 19.4. The molecule has 3 aliphatic heterocycles. The van der Waals surface area contributed by atoms with Crippen LogP contribution in [0.2, 0.25) is 0 Å². The van der Waals surface area contributed by atoms with Gasteiger partial charge in [-0.25, -0.2) is 0 Å². The van der Waals surface area contributed by atoms with E-state index in [9.17, 15) is 9.59 Å². The van der Waals surface area contributed by atoms with Gasteiger partial charge in [0.2, 0.25) is 11.8 Å². The van der Waals surface area contributed by atoms with Gasteiger partial charge in [-0.1, -0.05) is 37.3 Å². The van der Waals surface area contributed by atoms with Crippen molar-refractivity contribution in [2.75, 3.05) is 32.7 Å². The zero-order chi connectivity index (χ0) is 19.7. The van der Waals surface area contributed by atoms with Gasteiger partial charge in [-0.2, -0.15) is 0 Å². The highest BCUT2D eigenvalue weighted by Gasteiger charge is 2.60. The van der Waals surface area contributed by atoms with Crippen LogP contribution < -0.4 is 0 Å². The molecule has 5 heteroatoms. The molecule has 0 spiro atoms. The molecule has 0 aliphatic carbocycles. The summed E-state index contributed by atoms with van der Waals surface area (Å²) in [5.41, 5.74) is 0.958. The number of hydrogen-bond acceptors (Lipinski definition) is 3. The van der Waals surface area contributed by atoms with E-state index in [-0.39, 0.29) is 11.3 Å². The second-order valence-electron chi connectivity index (χ2n) is 8.81. The fourth-order valence-corrected chi connectivity index (χ4v) is 5.90. The zero-order valence-electron chi connectivity index (χ0n) is 17.3. The second kappa shape index (κ2) is 7.86. The normalized spacial score (nSPS) is 30.1. The lowest BCUT2D eigenvalue weighted by Crippen LogP contribution is -2.57. The first-order valence-corrected chi connectivity index (χ1v) is 10.9. The quantitative estimate of drug-likeness (QED) is 0.785. The molecule has 28 heavy (non-hydrogen) atoms. The predicted molar refractivity (Wildman–Crippen MR) is 110 cm³/mol. The summed E-state index contributed by atoms with van der Waals surface area (Å²) in [6.07, 6.45) is 5.32. The largest absolute Gasteiger partial charge is 0.339 e. The lowest BCUT2D eigenvalue weighted by atomic mass is 9.68. The number of benzene rings is 1. The molecule has 4 rings (SSSR count). The number of rotatable bonds is 5. The number of carbonyl (C=O) groups excluding carboxylic acids is 2. The lowest BCUT2D eigenvalue weighted by Gasteiger charge is -2.43. The van der Waals surface area contributed by atoms with Gasteiger partial charge < -0.3 is 9.80 Å². The summed E-state index contributed by atoms with van der Waals surface area (Å²) in [6.45, 7) is 7.61. The molecular formula is C23H33N3O2. The summed E-state index contributed by atoms with van der Waals surface area (Å²) < 4.78 is 0. The molecule has 3 atom stereocenters. The maximum absolute atomic E-state index is 13.9. The minimum atomic E-state index is -0.308. The van der Waals surface area contributed by atoms with E-state index in [1.54, 1.807) is 6.92 Å². The van der Waals surface area contributed by atoms with Crippen molar-refractivity contribution in [2.24, 2.45) is 5.41 Å². The molecule has 2 bridgehead atoms. The van der Waals surface area contributed by atoms with E-state index >= 15 is 0 Å². The average Bonchev–Trinajstić information content (AvgIpc) is 3.23. The molecule has 2 amide bonds. The van der Waals surface area contributed by atoms with Crippen molar-refractivity contribution in [3.63, 3.8) is 0 Å². The Balaban J connectivity index is 1.59. The molecule has 0 aromatic heterocycles. The number of carbonyl (C=O) groups is 2. The summed E-state index contributed by atoms with van der Waals surface area (Å²) >= 11 is 0. The molecule has 3 heterocycles. The first-order chi connectivity index (χ1) is 13.5. The molecule has 3 saturated heterocycles. The van der Waals surface area contributed by atoms with E-state index < -0.39 is 0 Å². The molecule has 0 radical (unpaired) electrons. The van der Waals surface area contributed by atoms with Gasteiger partial charge in [0, 0.05) is 45.2 Å². The second-order valence-corrected chi connectivity index (χ2v) is 8.81. The third-order valence-corrected chi connectivity index (χ3v) is 7.16. The molecule has 1 aromatic rings. The monoisotopic (exact) mass is 383 g/mol. The van der Waals surface area contributed by atoms with Crippen molar-refractivity contribution >= 4 is 11.8 Å². The van der Waals surface area contributed by atoms with Gasteiger partial charge in [0.15, 0.2) is 0 Å². The molecule has 0 saturated carbocycles. The molecule has 152 valence electrons. The smallest absolute Gasteiger partial charge is 0.230 e. The summed E-state index contributed by atoms with van der Waals surface area (Å²) in [6, 6.07) is 11.4. The van der Waals surface area contributed by atoms with E-state index in [1.807, 2.05) is 15.9 Å². The van der Waals surface area contributed by atoms with Crippen molar-refractivity contribution in [2.45, 2.75) is 58.0 Å². The van der Waals surface area contributed by atoms with Crippen LogP contribution in [0.4, 0.5) is 0 Å². The van der Waals surface area contributed by atoms with Crippen molar-refractivity contribution in [1.82, 2.24) is 14.7 Å². The molecule has 0 unspecified atom stereocenters. The van der Waals surface area contributed by atoms with Gasteiger partial charge in [0.25, 0.3) is 0 Å². The fraction of sp³-hybridized carbons (Fsp3) is 0.652. The third kappa shape index (κ3) is 3.34. The minimum Gasteiger partial charge on any atom is -0.339 e. The maximum Gasteiger partial charge on any atom is 0.230 e. The zero-order valence-corrected chi connectivity index (χ0v) is 17.3. The standard InChI is InChI=1S/C23H33N3O2/c1-3-11-26-20-9-10-21(26)23(17-20,16-19-7-5-4-6-8-19)22(28)25-14-12-24(13-15-25)18(2)27/h4-8,20-21H,3,9-17H2,1-2H3/t20-,21+,23+/m0/s1. The Labute approximate surface area is 168 Å². The highest BCUT2D eigenvalue weighted by molar-refractivity contribution is 5.85. The van der Waals surface area contributed by atoms with Gasteiger partial charge in [-0.3, -0.25) is 14.5 Å². The summed E-state index contributed by atoms with van der Waals surface area (Å²) in [5.74, 6) is 0.438. The molecule has 3 aliphatic rings. The molecule has 5 nitrogen and oxygen atoms in total. The van der Waals surface area contributed by atoms with Crippen LogP contribution >= 0.6 is 0 Å². The summed E-state index contributed by atoms with van der Waals surface area (Å²) in [4.78, 5) is 32.1. The Hall–Kier alpha value is -1.88.